The molecule has 25 heteroatoms. The summed E-state index contributed by atoms with van der Waals surface area (Å²) in [5.41, 5.74) is 11.5. The first-order valence-electron chi connectivity index (χ1n) is 30.9. The van der Waals surface area contributed by atoms with E-state index in [1.807, 2.05) is 85.9 Å². The van der Waals surface area contributed by atoms with Gasteiger partial charge in [0.25, 0.3) is 17.7 Å². The van der Waals surface area contributed by atoms with Crippen molar-refractivity contribution in [1.29, 1.82) is 0 Å². The number of halogens is 4. The summed E-state index contributed by atoms with van der Waals surface area (Å²) >= 11 is 10.3. The van der Waals surface area contributed by atoms with Crippen LogP contribution in [0, 0.1) is 31.5 Å². The van der Waals surface area contributed by atoms with Crippen molar-refractivity contribution in [3.63, 3.8) is 0 Å². The van der Waals surface area contributed by atoms with E-state index < -0.39 is 5.97 Å². The van der Waals surface area contributed by atoms with Gasteiger partial charge < -0.3 is 45.6 Å². The summed E-state index contributed by atoms with van der Waals surface area (Å²) in [4.78, 5) is 77.7. The van der Waals surface area contributed by atoms with E-state index in [2.05, 4.69) is 202 Å². The van der Waals surface area contributed by atoms with Gasteiger partial charge in [-0.05, 0) is 215 Å². The number of fused-ring (bicyclic) bond motifs is 3. The first-order chi connectivity index (χ1) is 46.0. The van der Waals surface area contributed by atoms with E-state index in [-0.39, 0.29) is 53.3 Å². The van der Waals surface area contributed by atoms with E-state index in [0.29, 0.717) is 45.7 Å². The monoisotopic (exact) mass is 1700 g/mol. The molecule has 0 bridgehead atoms. The average Bonchev–Trinajstić information content (AvgIpc) is 1.63. The van der Waals surface area contributed by atoms with Gasteiger partial charge in [-0.15, -0.1) is 0 Å². The maximum absolute atomic E-state index is 13.3. The zero-order chi connectivity index (χ0) is 68.9. The number of amides is 3. The van der Waals surface area contributed by atoms with Crippen LogP contribution in [0.15, 0.2) is 146 Å². The second-order valence-corrected chi connectivity index (χ2v) is 27.4. The Bertz CT molecular complexity index is 4290. The Balaban J connectivity index is 0.000000160. The van der Waals surface area contributed by atoms with Crippen molar-refractivity contribution >= 4 is 137 Å². The van der Waals surface area contributed by atoms with Crippen LogP contribution in [-0.2, 0) is 47.5 Å². The maximum atomic E-state index is 13.3. The van der Waals surface area contributed by atoms with Gasteiger partial charge in [0.2, 0.25) is 0 Å². The number of hydrogen-bond donors (Lipinski definition) is 5. The van der Waals surface area contributed by atoms with Crippen molar-refractivity contribution in [2.24, 2.45) is 0 Å². The molecule has 0 radical (unpaired) electrons. The fourth-order valence-electron chi connectivity index (χ4n) is 11.4. The summed E-state index contributed by atoms with van der Waals surface area (Å²) in [6.45, 7) is 17.4. The first kappa shape index (κ1) is 72.1. The van der Waals surface area contributed by atoms with Crippen LogP contribution in [0.3, 0.4) is 0 Å². The number of carboxylic acids is 1. The van der Waals surface area contributed by atoms with Crippen LogP contribution in [0.2, 0.25) is 0 Å². The molecule has 5 N–H and O–H groups in total. The van der Waals surface area contributed by atoms with Gasteiger partial charge in [-0.2, -0.15) is 15.3 Å². The number of benzene rings is 6. The molecule has 3 aliphatic rings. The van der Waals surface area contributed by atoms with E-state index in [0.717, 1.165) is 91.0 Å². The zero-order valence-electron chi connectivity index (χ0n) is 54.3. The molecule has 0 fully saturated rings. The molecule has 0 saturated carbocycles. The van der Waals surface area contributed by atoms with Crippen LogP contribution in [0.5, 0.6) is 0 Å². The van der Waals surface area contributed by atoms with Crippen LogP contribution in [0.25, 0.3) is 0 Å². The molecule has 6 heterocycles. The lowest BCUT2D eigenvalue weighted by Gasteiger charge is -2.20. The van der Waals surface area contributed by atoms with Crippen LogP contribution >= 0.6 is 83.7 Å². The highest BCUT2D eigenvalue weighted by Crippen LogP contribution is 2.33. The molecule has 0 saturated heterocycles. The Labute approximate surface area is 607 Å². The first-order valence-corrected chi connectivity index (χ1v) is 35.3. The number of aryl methyl sites for hydroxylation is 3. The summed E-state index contributed by atoms with van der Waals surface area (Å²) in [6.07, 6.45) is 0. The zero-order valence-corrected chi connectivity index (χ0v) is 62.3. The molecular formula is C71H74BrI3N12O9. The van der Waals surface area contributed by atoms with Crippen LogP contribution in [0.1, 0.15) is 152 Å². The predicted molar refractivity (Wildman–Crippen MR) is 398 cm³/mol. The highest BCUT2D eigenvalue weighted by atomic mass is 127. The average molecular weight is 1700 g/mol. The number of esters is 2. The lowest BCUT2D eigenvalue weighted by atomic mass is 10.1. The van der Waals surface area contributed by atoms with Gasteiger partial charge in [-0.25, -0.2) is 28.4 Å². The van der Waals surface area contributed by atoms with Gasteiger partial charge >= 0.3 is 17.9 Å². The second-order valence-electron chi connectivity index (χ2n) is 23.1. The van der Waals surface area contributed by atoms with Crippen molar-refractivity contribution < 1.29 is 43.3 Å². The van der Waals surface area contributed by atoms with E-state index >= 15 is 0 Å². The van der Waals surface area contributed by atoms with Gasteiger partial charge in [0, 0.05) is 48.8 Å². The maximum Gasteiger partial charge on any atom is 0.337 e. The number of aromatic nitrogens is 6. The molecule has 3 aliphatic heterocycles. The van der Waals surface area contributed by atoms with Gasteiger partial charge in [0.05, 0.1) is 85.8 Å². The fraction of sp³-hybridized carbons (Fsp3) is 0.282. The van der Waals surface area contributed by atoms with Crippen molar-refractivity contribution in [3.05, 3.63) is 240 Å². The van der Waals surface area contributed by atoms with Crippen LogP contribution in [-0.4, -0.2) is 104 Å². The lowest BCUT2D eigenvalue weighted by molar-refractivity contribution is 0.0592. The fourth-order valence-corrected chi connectivity index (χ4v) is 13.6. The highest BCUT2D eigenvalue weighted by Gasteiger charge is 2.33. The number of nitrogens with zero attached hydrogens (tertiary/aromatic N) is 8. The van der Waals surface area contributed by atoms with Gasteiger partial charge in [0.1, 0.15) is 34.1 Å². The molecule has 500 valence electrons. The van der Waals surface area contributed by atoms with Crippen molar-refractivity contribution in [2.45, 2.75) is 97.7 Å². The molecule has 12 rings (SSSR count). The third-order valence-corrected chi connectivity index (χ3v) is 19.0. The molecule has 21 nitrogen and oxygen atoms in total. The Hall–Kier alpha value is -8.16. The molecule has 9 aromatic rings. The Kier molecular flexibility index (Phi) is 24.9. The Morgan fingerprint density at radius 1 is 0.500 bits per heavy atom. The summed E-state index contributed by atoms with van der Waals surface area (Å²) in [5.74, 6) is 0.275. The largest absolute Gasteiger partial charge is 0.478 e. The number of ether oxygens (including phenoxy) is 2. The topological polar surface area (TPSA) is 249 Å². The predicted octanol–water partition coefficient (Wildman–Crippen LogP) is 13.2. The minimum absolute atomic E-state index is 0.150. The van der Waals surface area contributed by atoms with E-state index in [1.54, 1.807) is 48.5 Å². The second kappa shape index (κ2) is 33.2. The summed E-state index contributed by atoms with van der Waals surface area (Å²) in [7, 11) is 2.70. The third-order valence-electron chi connectivity index (χ3n) is 16.3. The Morgan fingerprint density at radius 3 is 1.22 bits per heavy atom. The number of carbonyl (C=O) groups excluding carboxylic acids is 5. The lowest BCUT2D eigenvalue weighted by Crippen LogP contribution is -2.29. The number of hydrogen-bond acceptors (Lipinski definition) is 14. The number of carboxylic acid groups (broad SMARTS) is 1. The molecular weight excluding hydrogens is 1630 g/mol. The van der Waals surface area contributed by atoms with Crippen LogP contribution in [0.4, 0.5) is 17.5 Å². The third kappa shape index (κ3) is 17.9. The number of methoxy groups -OCH3 is 2. The number of rotatable bonds is 17. The number of carbonyl (C=O) groups is 6. The minimum atomic E-state index is -0.970. The smallest absolute Gasteiger partial charge is 0.337 e. The minimum Gasteiger partial charge on any atom is -0.478 e. The van der Waals surface area contributed by atoms with Crippen molar-refractivity contribution in [1.82, 2.24) is 45.3 Å². The molecule has 6 aromatic carbocycles. The molecule has 0 spiro atoms. The molecule has 3 aromatic heterocycles. The van der Waals surface area contributed by atoms with Crippen molar-refractivity contribution in [2.75, 3.05) is 49.0 Å². The SMILES string of the molecule is BrCc1cccc(I)c1.COC(=O)c1ccc([C@H](C)NC(=O)c2c(C)nn3c2N(Cc2cccc(I)c2)CC3)cc1.COC(=O)c1ccc([C@H](C)NC(=O)c2c(C)nn3c2NCC3)cc1.Cc1nn2c(c1C(=O)N[C@@H](C)c1ccc(C(=O)O)cc1)N(Cc1cccc(I)c1)CC2. The highest BCUT2D eigenvalue weighted by molar-refractivity contribution is 14.1. The van der Waals surface area contributed by atoms with E-state index in [9.17, 15) is 28.8 Å². The van der Waals surface area contributed by atoms with E-state index in [1.165, 1.54) is 41.6 Å². The normalized spacial score (nSPS) is 13.3. The summed E-state index contributed by atoms with van der Waals surface area (Å²) in [6, 6.07) is 45.1. The van der Waals surface area contributed by atoms with Crippen molar-refractivity contribution in [3.8, 4) is 0 Å². The number of aromatic carboxylic acids is 1. The van der Waals surface area contributed by atoms with Gasteiger partial charge in [-0.1, -0.05) is 88.7 Å². The summed E-state index contributed by atoms with van der Waals surface area (Å²) in [5, 5.41) is 35.9. The Morgan fingerprint density at radius 2 is 0.854 bits per heavy atom. The number of anilines is 3. The van der Waals surface area contributed by atoms with Crippen LogP contribution < -0.4 is 31.1 Å². The quantitative estimate of drug-likeness (QED) is 0.0323. The molecule has 3 amide bonds. The van der Waals surface area contributed by atoms with E-state index in [4.69, 9.17) is 9.84 Å². The number of alkyl halides is 1. The van der Waals surface area contributed by atoms with Gasteiger partial charge in [-0.3, -0.25) is 14.4 Å². The molecule has 0 aliphatic carbocycles. The summed E-state index contributed by atoms with van der Waals surface area (Å²) < 4.78 is 18.7. The molecule has 0 unspecified atom stereocenters. The standard InChI is InChI=1S/C24H25IN4O3.C23H23IN4O3.C17H20N4O3.C7H6BrI/c1-15(18-7-9-19(10-8-18)24(31)32-3)26-22(30)21-16(2)27-29-12-11-28(23(21)29)14-17-5-4-6-20(25)13-17;1-14(17-6-8-18(9-7-17)23(30)31)25-21(29)20-15(2)26-28-11-10-27(22(20)28)13-16-4-3-5-19(24)12-16;1-10(12-4-6-13(7-5-12)17(23)24-3)19-16(22)14-11(2)20-21-9-8-18-15(14)21;8-5-6-2-1-3-7(9)4-6/h4-10,13,15H,11-12,14H2,1-3H3,(H,26,30);3-9,12,14H,10-11,13H2,1-2H3,(H,25,29)(H,30,31);4-7,10,18H,8-9H2,1-3H3,(H,19,22);1-4H,5H2/t15-;14-;10-;/m000./s1. The molecule has 3 atom stereocenters. The number of nitrogens with one attached hydrogen (secondary N) is 4. The van der Waals surface area contributed by atoms with Gasteiger partial charge in [0.15, 0.2) is 0 Å². The molecule has 96 heavy (non-hydrogen) atoms.